The quantitative estimate of drug-likeness (QED) is 0.454. The molecule has 0 amide bonds. The summed E-state index contributed by atoms with van der Waals surface area (Å²) in [4.78, 5) is 25.9. The smallest absolute Gasteiger partial charge is 0.435 e. The van der Waals surface area contributed by atoms with E-state index in [4.69, 9.17) is 49.3 Å². The van der Waals surface area contributed by atoms with Crippen LogP contribution in [0.3, 0.4) is 0 Å². The molecule has 0 unspecified atom stereocenters. The van der Waals surface area contributed by atoms with E-state index in [2.05, 4.69) is 16.5 Å². The number of carbonyl (C=O) groups excluding carboxylic acids is 1. The second-order valence-corrected chi connectivity index (χ2v) is 7.02. The van der Waals surface area contributed by atoms with Crippen LogP contribution in [0.2, 0.25) is 0 Å². The number of carbonyl (C=O) groups is 1. The molecule has 0 aliphatic rings. The Morgan fingerprint density at radius 2 is 1.71 bits per heavy atom. The molecule has 0 atom stereocenters. The summed E-state index contributed by atoms with van der Waals surface area (Å²) in [6, 6.07) is 0. The summed E-state index contributed by atoms with van der Waals surface area (Å²) in [5, 5.41) is 0. The highest BCUT2D eigenvalue weighted by Crippen LogP contribution is 2.40. The number of alkyl halides is 3. The van der Waals surface area contributed by atoms with Gasteiger partial charge in [-0.2, -0.15) is 0 Å². The molecule has 0 fully saturated rings. The molecular weight excluding hydrogens is 333 g/mol. The summed E-state index contributed by atoms with van der Waals surface area (Å²) in [6.07, 6.45) is -0.848. The van der Waals surface area contributed by atoms with Crippen molar-refractivity contribution in [3.05, 3.63) is 0 Å². The Kier molecular flexibility index (Phi) is 10.3. The summed E-state index contributed by atoms with van der Waals surface area (Å²) in [6.45, 7) is 4.84. The van der Waals surface area contributed by atoms with Gasteiger partial charge >= 0.3 is 6.16 Å². The van der Waals surface area contributed by atoms with E-state index in [0.717, 1.165) is 0 Å². The molecule has 5 nitrogen and oxygen atoms in total. The summed E-state index contributed by atoms with van der Waals surface area (Å²) in [5.41, 5.74) is -1.22. The highest BCUT2D eigenvalue weighted by molar-refractivity contribution is 7.99. The Hall–Kier alpha value is 0.710. The average molecular weight is 348 g/mol. The molecule has 0 heterocycles. The third-order valence-electron chi connectivity index (χ3n) is 1.28. The van der Waals surface area contributed by atoms with Crippen LogP contribution >= 0.6 is 42.0 Å². The van der Waals surface area contributed by atoms with Crippen LogP contribution in [0.5, 0.6) is 0 Å². The minimum absolute atomic E-state index is 0.217. The third-order valence-corrected chi connectivity index (χ3v) is 2.65. The predicted octanol–water partition coefficient (Wildman–Crippen LogP) is 2.79. The van der Waals surface area contributed by atoms with Gasteiger partial charge in [0.2, 0.25) is 3.79 Å². The van der Waals surface area contributed by atoms with Crippen molar-refractivity contribution < 1.29 is 24.1 Å². The second-order valence-electron chi connectivity index (χ2n) is 3.08. The first-order valence-corrected chi connectivity index (χ1v) is 7.94. The predicted molar refractivity (Wildman–Crippen MR) is 72.6 cm³/mol. The molecule has 0 bridgehead atoms. The summed E-state index contributed by atoms with van der Waals surface area (Å²) in [5.74, 6) is 0. The average Bonchev–Trinajstić information content (AvgIpc) is 1.99. The molecule has 0 aromatic heterocycles. The second kappa shape index (κ2) is 8.75. The summed E-state index contributed by atoms with van der Waals surface area (Å²) < 4.78 is 7.64. The van der Waals surface area contributed by atoms with Crippen molar-refractivity contribution in [1.29, 1.82) is 0 Å². The Morgan fingerprint density at radius 1 is 1.35 bits per heavy atom. The van der Waals surface area contributed by atoms with Gasteiger partial charge in [-0.15, -0.1) is 0 Å². The molecular formula is C7H14Cl3O5PS. The van der Waals surface area contributed by atoms with E-state index in [1.54, 1.807) is 6.92 Å². The van der Waals surface area contributed by atoms with Crippen LogP contribution in [0, 0.1) is 0 Å². The minimum atomic E-state index is -2.30. The van der Waals surface area contributed by atoms with Crippen LogP contribution in [0.15, 0.2) is 0 Å². The van der Waals surface area contributed by atoms with Gasteiger partial charge < -0.3 is 19.3 Å². The van der Waals surface area contributed by atoms with Gasteiger partial charge in [-0.3, -0.25) is 0 Å². The number of ether oxygens (including phenoxy) is 2. The van der Waals surface area contributed by atoms with E-state index in [1.807, 2.05) is 0 Å². The summed E-state index contributed by atoms with van der Waals surface area (Å²) >= 11 is 20.5. The third kappa shape index (κ3) is 11.5. The fourth-order valence-corrected chi connectivity index (χ4v) is 0.529. The fraction of sp³-hybridized carbons (Fsp3) is 0.857. The van der Waals surface area contributed by atoms with Gasteiger partial charge in [-0.05, 0) is 32.6 Å². The fourth-order valence-electron chi connectivity index (χ4n) is 0.414. The van der Waals surface area contributed by atoms with Gasteiger partial charge in [-0.1, -0.05) is 34.8 Å². The van der Waals surface area contributed by atoms with Gasteiger partial charge in [-0.25, -0.2) is 4.79 Å². The zero-order chi connectivity index (χ0) is 14.3. The van der Waals surface area contributed by atoms with Crippen molar-refractivity contribution >= 4 is 59.9 Å². The molecule has 0 rings (SSSR count). The summed E-state index contributed by atoms with van der Waals surface area (Å²) in [7, 11) is -2.30. The largest absolute Gasteiger partial charge is 0.508 e. The lowest BCUT2D eigenvalue weighted by molar-refractivity contribution is -0.0124. The molecule has 0 radical (unpaired) electrons. The topological polar surface area (TPSA) is 76.0 Å². The first-order chi connectivity index (χ1) is 7.44. The van der Waals surface area contributed by atoms with E-state index in [0.29, 0.717) is 0 Å². The van der Waals surface area contributed by atoms with Gasteiger partial charge in [0.25, 0.3) is 0 Å². The lowest BCUT2D eigenvalue weighted by atomic mass is 10.2. The van der Waals surface area contributed by atoms with Crippen LogP contribution in [-0.4, -0.2) is 31.9 Å². The first-order valence-electron chi connectivity index (χ1n) is 4.28. The molecule has 0 aliphatic heterocycles. The monoisotopic (exact) mass is 346 g/mol. The van der Waals surface area contributed by atoms with E-state index >= 15 is 0 Å². The van der Waals surface area contributed by atoms with Crippen LogP contribution < -0.4 is 0 Å². The Morgan fingerprint density at radius 3 is 1.94 bits per heavy atom. The maximum Gasteiger partial charge on any atom is 0.508 e. The van der Waals surface area contributed by atoms with Crippen molar-refractivity contribution in [3.8, 4) is 0 Å². The van der Waals surface area contributed by atoms with Crippen molar-refractivity contribution in [1.82, 2.24) is 0 Å². The van der Waals surface area contributed by atoms with E-state index in [-0.39, 0.29) is 6.61 Å². The van der Waals surface area contributed by atoms with E-state index in [1.165, 1.54) is 13.8 Å². The highest BCUT2D eigenvalue weighted by Gasteiger charge is 2.44. The molecule has 17 heavy (non-hydrogen) atoms. The lowest BCUT2D eigenvalue weighted by Crippen LogP contribution is -2.41. The van der Waals surface area contributed by atoms with Crippen LogP contribution in [-0.2, 0) is 21.3 Å². The molecule has 0 aliphatic carbocycles. The Balaban J connectivity index is 0. The van der Waals surface area contributed by atoms with Crippen LogP contribution in [0.1, 0.15) is 20.8 Å². The van der Waals surface area contributed by atoms with Crippen LogP contribution in [0.4, 0.5) is 4.79 Å². The van der Waals surface area contributed by atoms with Crippen molar-refractivity contribution in [2.75, 3.05) is 6.61 Å². The molecule has 0 aromatic rings. The molecule has 0 spiro atoms. The highest BCUT2D eigenvalue weighted by atomic mass is 35.6. The number of halogens is 3. The zero-order valence-corrected chi connectivity index (χ0v) is 13.5. The number of rotatable bonds is 2. The molecule has 0 saturated carbocycles. The SMILES string of the molecule is CCOC(=O)OC(C)(C)C(Cl)(Cl)Cl.O[PH](O)=S. The molecule has 0 aromatic carbocycles. The lowest BCUT2D eigenvalue weighted by Gasteiger charge is -2.30. The molecule has 0 saturated heterocycles. The van der Waals surface area contributed by atoms with Gasteiger partial charge in [0.1, 0.15) is 0 Å². The van der Waals surface area contributed by atoms with Gasteiger partial charge in [0.15, 0.2) is 12.8 Å². The minimum Gasteiger partial charge on any atom is -0.435 e. The number of hydrogen-bond donors (Lipinski definition) is 2. The van der Waals surface area contributed by atoms with Crippen molar-refractivity contribution in [2.45, 2.75) is 30.2 Å². The van der Waals surface area contributed by atoms with Crippen molar-refractivity contribution in [2.24, 2.45) is 0 Å². The van der Waals surface area contributed by atoms with Crippen molar-refractivity contribution in [3.63, 3.8) is 0 Å². The maximum absolute atomic E-state index is 10.9. The normalized spacial score (nSPS) is 11.6. The maximum atomic E-state index is 10.9. The van der Waals surface area contributed by atoms with Gasteiger partial charge in [0, 0.05) is 0 Å². The van der Waals surface area contributed by atoms with E-state index < -0.39 is 22.7 Å². The first kappa shape index (κ1) is 20.0. The molecule has 2 N–H and O–H groups in total. The molecule has 10 heteroatoms. The number of hydrogen-bond acceptors (Lipinski definition) is 4. The Labute approximate surface area is 121 Å². The van der Waals surface area contributed by atoms with Crippen LogP contribution in [0.25, 0.3) is 0 Å². The Bertz CT molecular complexity index is 265. The standard InChI is InChI=1S/C7H11Cl3O3.H3O2PS/c1-4-12-5(11)13-6(2,3)7(8,9)10;1-3(2)4/h4H2,1-3H3;3H,(H2,1,2,4). The van der Waals surface area contributed by atoms with E-state index in [9.17, 15) is 4.79 Å². The molecule has 104 valence electrons. The zero-order valence-electron chi connectivity index (χ0n) is 9.37. The van der Waals surface area contributed by atoms with Gasteiger partial charge in [0.05, 0.1) is 6.61 Å².